The normalized spacial score (nSPS) is 14.4. The Labute approximate surface area is 123 Å². The zero-order valence-corrected chi connectivity index (χ0v) is 12.4. The van der Waals surface area contributed by atoms with Gasteiger partial charge >= 0.3 is 6.92 Å². The molecule has 0 saturated carbocycles. The van der Waals surface area contributed by atoms with E-state index in [1.807, 2.05) is 12.9 Å². The molecule has 3 rings (SSSR count). The lowest BCUT2D eigenvalue weighted by molar-refractivity contribution is 0.333. The number of hydrogen-bond acceptors (Lipinski definition) is 3. The van der Waals surface area contributed by atoms with Crippen LogP contribution in [-0.4, -0.2) is 15.3 Å². The van der Waals surface area contributed by atoms with Gasteiger partial charge in [-0.1, -0.05) is 24.5 Å². The third-order valence-corrected chi connectivity index (χ3v) is 5.50. The van der Waals surface area contributed by atoms with Crippen molar-refractivity contribution >= 4 is 33.8 Å². The molecule has 0 aliphatic carbocycles. The van der Waals surface area contributed by atoms with E-state index >= 15 is 0 Å². The maximum absolute atomic E-state index is 12.6. The van der Waals surface area contributed by atoms with Crippen molar-refractivity contribution in [1.29, 1.82) is 0 Å². The summed E-state index contributed by atoms with van der Waals surface area (Å²) >= 11 is 5.79. The summed E-state index contributed by atoms with van der Waals surface area (Å²) < 4.78 is 30.6. The van der Waals surface area contributed by atoms with Gasteiger partial charge in [-0.2, -0.15) is 0 Å². The van der Waals surface area contributed by atoms with Crippen molar-refractivity contribution in [2.24, 2.45) is 0 Å². The monoisotopic (exact) mass is 306 g/mol. The van der Waals surface area contributed by atoms with Crippen molar-refractivity contribution in [2.75, 3.05) is 0 Å². The molecule has 0 radical (unpaired) electrons. The zero-order chi connectivity index (χ0) is 14.3. The maximum Gasteiger partial charge on any atom is 0.324 e. The Morgan fingerprint density at radius 3 is 2.45 bits per heavy atom. The summed E-state index contributed by atoms with van der Waals surface area (Å²) in [6.45, 7) is 2.40. The second-order valence-electron chi connectivity index (χ2n) is 4.77. The topological polar surface area (TPSA) is 43.4 Å². The van der Waals surface area contributed by atoms with E-state index < -0.39 is 9.84 Å². The smallest absolute Gasteiger partial charge is 0.324 e. The Morgan fingerprint density at radius 2 is 1.75 bits per heavy atom. The summed E-state index contributed by atoms with van der Waals surface area (Å²) in [5, 5.41) is 0.514. The van der Waals surface area contributed by atoms with Crippen LogP contribution in [-0.2, 0) is 21.1 Å². The van der Waals surface area contributed by atoms with Crippen LogP contribution in [0.3, 0.4) is 0 Å². The van der Waals surface area contributed by atoms with Crippen LogP contribution in [0.2, 0.25) is 11.8 Å². The third kappa shape index (κ3) is 2.26. The number of halogens is 1. The van der Waals surface area contributed by atoms with Gasteiger partial charge in [0.25, 0.3) is 0 Å². The Hall–Kier alpha value is -1.30. The Morgan fingerprint density at radius 1 is 1.10 bits per heavy atom. The summed E-state index contributed by atoms with van der Waals surface area (Å²) in [7, 11) is -3.51. The third-order valence-electron chi connectivity index (χ3n) is 3.48. The quantitative estimate of drug-likeness (QED) is 0.801. The van der Waals surface area contributed by atoms with E-state index in [0.29, 0.717) is 11.6 Å². The minimum Gasteiger partial charge on any atom is -0.427 e. The average Bonchev–Trinajstić information content (AvgIpc) is 2.80. The number of benzene rings is 2. The summed E-state index contributed by atoms with van der Waals surface area (Å²) in [4.78, 5) is 0.532. The summed E-state index contributed by atoms with van der Waals surface area (Å²) in [6.07, 6.45) is 0. The lowest BCUT2D eigenvalue weighted by Gasteiger charge is -2.07. The molecule has 0 fully saturated rings. The van der Waals surface area contributed by atoms with Crippen molar-refractivity contribution in [3.8, 4) is 0 Å². The molecule has 2 aromatic rings. The molecule has 0 bridgehead atoms. The Bertz CT molecular complexity index is 756. The molecule has 0 unspecified atom stereocenters. The highest BCUT2D eigenvalue weighted by Crippen LogP contribution is 2.23. The van der Waals surface area contributed by atoms with Crippen molar-refractivity contribution < 1.29 is 13.1 Å². The van der Waals surface area contributed by atoms with Crippen LogP contribution in [0, 0.1) is 0 Å². The molecular weight excluding hydrogens is 294 g/mol. The van der Waals surface area contributed by atoms with Gasteiger partial charge in [0.2, 0.25) is 9.84 Å². The first-order valence-corrected chi connectivity index (χ1v) is 8.10. The Balaban J connectivity index is 2.08. The molecule has 0 aromatic heterocycles. The van der Waals surface area contributed by atoms with Crippen LogP contribution in [0.25, 0.3) is 0 Å². The minimum absolute atomic E-state index is 0.0645. The van der Waals surface area contributed by atoms with E-state index in [-0.39, 0.29) is 16.7 Å². The molecular formula is C14H12BClO3S. The molecule has 0 saturated heterocycles. The number of fused-ring (bicyclic) bond motifs is 1. The van der Waals surface area contributed by atoms with Crippen LogP contribution < -0.4 is 5.46 Å². The fourth-order valence-electron chi connectivity index (χ4n) is 2.30. The van der Waals surface area contributed by atoms with Gasteiger partial charge in [0.15, 0.2) is 0 Å². The van der Waals surface area contributed by atoms with E-state index in [9.17, 15) is 8.42 Å². The van der Waals surface area contributed by atoms with Gasteiger partial charge in [0, 0.05) is 5.02 Å². The van der Waals surface area contributed by atoms with Crippen molar-refractivity contribution in [2.45, 2.75) is 23.2 Å². The Kier molecular flexibility index (Phi) is 3.36. The van der Waals surface area contributed by atoms with E-state index in [1.165, 1.54) is 12.1 Å². The lowest BCUT2D eigenvalue weighted by Crippen LogP contribution is -2.25. The van der Waals surface area contributed by atoms with Crippen LogP contribution in [0.1, 0.15) is 5.56 Å². The predicted octanol–water partition coefficient (Wildman–Crippen LogP) is 2.53. The first-order chi connectivity index (χ1) is 9.48. The predicted molar refractivity (Wildman–Crippen MR) is 79.4 cm³/mol. The second kappa shape index (κ2) is 4.92. The standard InChI is InChI=1S/C14H12BClO3S/c1-15-14-8-13(5-2-10(14)9-19-15)20(17,18)12-6-3-11(16)4-7-12/h2-8H,9H2,1H3. The van der Waals surface area contributed by atoms with Gasteiger partial charge in [0.1, 0.15) is 0 Å². The fourth-order valence-corrected chi connectivity index (χ4v) is 3.73. The molecule has 0 N–H and O–H groups in total. The summed E-state index contributed by atoms with van der Waals surface area (Å²) in [5.74, 6) is 0. The van der Waals surface area contributed by atoms with E-state index in [2.05, 4.69) is 0 Å². The molecule has 102 valence electrons. The highest BCUT2D eigenvalue weighted by atomic mass is 35.5. The van der Waals surface area contributed by atoms with Gasteiger partial charge in [-0.25, -0.2) is 8.42 Å². The van der Waals surface area contributed by atoms with Crippen LogP contribution in [0.4, 0.5) is 0 Å². The van der Waals surface area contributed by atoms with E-state index in [1.54, 1.807) is 24.3 Å². The van der Waals surface area contributed by atoms with Gasteiger partial charge in [-0.15, -0.1) is 0 Å². The number of sulfone groups is 1. The molecule has 2 aromatic carbocycles. The SMILES string of the molecule is CB1OCc2ccc(S(=O)(=O)c3ccc(Cl)cc3)cc21. The van der Waals surface area contributed by atoms with Crippen molar-refractivity contribution in [1.82, 2.24) is 0 Å². The summed E-state index contributed by atoms with van der Waals surface area (Å²) in [5.41, 5.74) is 1.99. The maximum atomic E-state index is 12.6. The van der Waals surface area contributed by atoms with Crippen molar-refractivity contribution in [3.63, 3.8) is 0 Å². The highest BCUT2D eigenvalue weighted by Gasteiger charge is 2.26. The molecule has 0 amide bonds. The van der Waals surface area contributed by atoms with Gasteiger partial charge in [-0.05, 0) is 47.4 Å². The van der Waals surface area contributed by atoms with Crippen LogP contribution in [0.5, 0.6) is 0 Å². The van der Waals surface area contributed by atoms with E-state index in [0.717, 1.165) is 11.0 Å². The molecule has 1 aliphatic rings. The molecule has 1 heterocycles. The molecule has 0 spiro atoms. The van der Waals surface area contributed by atoms with Gasteiger partial charge in [-0.3, -0.25) is 0 Å². The average molecular weight is 307 g/mol. The van der Waals surface area contributed by atoms with Crippen LogP contribution in [0.15, 0.2) is 52.3 Å². The molecule has 20 heavy (non-hydrogen) atoms. The molecule has 3 nitrogen and oxygen atoms in total. The van der Waals surface area contributed by atoms with Gasteiger partial charge in [0.05, 0.1) is 16.4 Å². The molecule has 6 heteroatoms. The zero-order valence-electron chi connectivity index (χ0n) is 10.8. The van der Waals surface area contributed by atoms with Crippen molar-refractivity contribution in [3.05, 3.63) is 53.1 Å². The summed E-state index contributed by atoms with van der Waals surface area (Å²) in [6, 6.07) is 11.3. The second-order valence-corrected chi connectivity index (χ2v) is 7.16. The largest absolute Gasteiger partial charge is 0.427 e. The first-order valence-electron chi connectivity index (χ1n) is 6.23. The minimum atomic E-state index is -3.51. The fraction of sp³-hybridized carbons (Fsp3) is 0.143. The number of rotatable bonds is 2. The van der Waals surface area contributed by atoms with E-state index in [4.69, 9.17) is 16.3 Å². The highest BCUT2D eigenvalue weighted by molar-refractivity contribution is 7.91. The molecule has 1 aliphatic heterocycles. The lowest BCUT2D eigenvalue weighted by atomic mass is 9.64. The molecule has 0 atom stereocenters. The number of hydrogen-bond donors (Lipinski definition) is 0. The van der Waals surface area contributed by atoms with Crippen LogP contribution >= 0.6 is 11.6 Å². The first kappa shape index (κ1) is 13.7. The van der Waals surface area contributed by atoms with Gasteiger partial charge < -0.3 is 4.65 Å².